The molecule has 0 saturated carbocycles. The average molecular weight is 392 g/mol. The monoisotopic (exact) mass is 391 g/mol. The maximum absolute atomic E-state index is 11.6. The summed E-state index contributed by atoms with van der Waals surface area (Å²) in [6.07, 6.45) is 12.3. The van der Waals surface area contributed by atoms with Gasteiger partial charge in [-0.1, -0.05) is 77.1 Å². The second kappa shape index (κ2) is 13.8. The Morgan fingerprint density at radius 2 is 1.37 bits per heavy atom. The van der Waals surface area contributed by atoms with Gasteiger partial charge < -0.3 is 10.1 Å². The molecule has 0 amide bonds. The van der Waals surface area contributed by atoms with Crippen molar-refractivity contribution in [2.24, 2.45) is 0 Å². The number of unbranched alkanes of at least 4 members (excludes halogenated alkanes) is 8. The third-order valence-corrected chi connectivity index (χ3v) is 6.68. The molecule has 1 aromatic carbocycles. The van der Waals surface area contributed by atoms with Gasteiger partial charge in [-0.15, -0.1) is 0 Å². The van der Waals surface area contributed by atoms with Crippen LogP contribution in [-0.4, -0.2) is 27.2 Å². The van der Waals surface area contributed by atoms with Gasteiger partial charge in [0.15, 0.2) is 0 Å². The van der Waals surface area contributed by atoms with Crippen LogP contribution in [0, 0.1) is 0 Å². The Labute approximate surface area is 168 Å². The van der Waals surface area contributed by atoms with E-state index >= 15 is 0 Å². The third kappa shape index (κ3) is 12.7. The van der Waals surface area contributed by atoms with E-state index in [4.69, 9.17) is 4.74 Å². The summed E-state index contributed by atoms with van der Waals surface area (Å²) in [7, 11) is -0.814. The first kappa shape index (κ1) is 23.7. The van der Waals surface area contributed by atoms with Crippen molar-refractivity contribution in [3.63, 3.8) is 0 Å². The van der Waals surface area contributed by atoms with Crippen LogP contribution in [0.4, 0.5) is 5.69 Å². The molecule has 0 unspecified atom stereocenters. The second-order valence-electron chi connectivity index (χ2n) is 8.72. The maximum atomic E-state index is 11.6. The van der Waals surface area contributed by atoms with Gasteiger partial charge in [-0.25, -0.2) is 4.79 Å². The van der Waals surface area contributed by atoms with Crippen LogP contribution in [0.2, 0.25) is 25.7 Å². The van der Waals surface area contributed by atoms with Gasteiger partial charge >= 0.3 is 5.97 Å². The van der Waals surface area contributed by atoms with Crippen LogP contribution >= 0.6 is 0 Å². The summed E-state index contributed by atoms with van der Waals surface area (Å²) in [5.41, 5.74) is 1.68. The van der Waals surface area contributed by atoms with Crippen molar-refractivity contribution in [2.45, 2.75) is 90.4 Å². The van der Waals surface area contributed by atoms with Crippen molar-refractivity contribution >= 4 is 19.7 Å². The van der Waals surface area contributed by atoms with Crippen molar-refractivity contribution in [1.29, 1.82) is 0 Å². The summed E-state index contributed by atoms with van der Waals surface area (Å²) in [5.74, 6) is -0.250. The van der Waals surface area contributed by atoms with Crippen LogP contribution in [-0.2, 0) is 4.74 Å². The Morgan fingerprint density at radius 1 is 0.852 bits per heavy atom. The van der Waals surface area contributed by atoms with E-state index in [1.165, 1.54) is 63.8 Å². The topological polar surface area (TPSA) is 38.3 Å². The van der Waals surface area contributed by atoms with Crippen molar-refractivity contribution in [2.75, 3.05) is 18.5 Å². The van der Waals surface area contributed by atoms with E-state index in [9.17, 15) is 4.79 Å². The molecular weight excluding hydrogens is 350 g/mol. The number of nitrogens with one attached hydrogen (secondary N) is 1. The number of rotatable bonds is 15. The minimum Gasteiger partial charge on any atom is -0.462 e. The van der Waals surface area contributed by atoms with Crippen molar-refractivity contribution in [1.82, 2.24) is 0 Å². The molecule has 0 aliphatic rings. The van der Waals surface area contributed by atoms with Gasteiger partial charge in [0.05, 0.1) is 12.2 Å². The van der Waals surface area contributed by atoms with E-state index in [-0.39, 0.29) is 5.97 Å². The minimum atomic E-state index is -0.814. The predicted octanol–water partition coefficient (Wildman–Crippen LogP) is 7.12. The molecule has 1 N–H and O–H groups in total. The Balaban J connectivity index is 1.95. The maximum Gasteiger partial charge on any atom is 0.338 e. The zero-order valence-corrected chi connectivity index (χ0v) is 19.1. The summed E-state index contributed by atoms with van der Waals surface area (Å²) < 4.78 is 5.00. The lowest BCUT2D eigenvalue weighted by molar-refractivity contribution is 0.0526. The van der Waals surface area contributed by atoms with E-state index in [0.29, 0.717) is 12.2 Å². The highest BCUT2D eigenvalue weighted by Gasteiger charge is 2.11. The highest BCUT2D eigenvalue weighted by atomic mass is 28.3. The average Bonchev–Trinajstić information content (AvgIpc) is 2.62. The lowest BCUT2D eigenvalue weighted by Crippen LogP contribution is -2.18. The highest BCUT2D eigenvalue weighted by Crippen LogP contribution is 2.16. The molecule has 0 atom stereocenters. The standard InChI is InChI=1S/C23H41NO2Si/c1-5-26-23(25)21-15-17-22(18-16-21)24-19-13-11-9-7-6-8-10-12-14-20-27(2,3)4/h15-18,24H,5-14,19-20H2,1-4H3. The molecule has 0 spiro atoms. The number of carbonyl (C=O) groups is 1. The summed E-state index contributed by atoms with van der Waals surface area (Å²) in [6, 6.07) is 9.04. The highest BCUT2D eigenvalue weighted by molar-refractivity contribution is 6.76. The molecule has 27 heavy (non-hydrogen) atoms. The van der Waals surface area contributed by atoms with E-state index in [2.05, 4.69) is 25.0 Å². The van der Waals surface area contributed by atoms with Gasteiger partial charge in [0.2, 0.25) is 0 Å². The SMILES string of the molecule is CCOC(=O)c1ccc(NCCCCCCCCCCC[Si](C)(C)C)cc1. The molecule has 0 aliphatic heterocycles. The third-order valence-electron chi connectivity index (χ3n) is 4.83. The first-order chi connectivity index (χ1) is 12.9. The van der Waals surface area contributed by atoms with Gasteiger partial charge in [0.1, 0.15) is 0 Å². The van der Waals surface area contributed by atoms with E-state index in [0.717, 1.165) is 12.2 Å². The van der Waals surface area contributed by atoms with Crippen LogP contribution in [0.15, 0.2) is 24.3 Å². The number of carbonyl (C=O) groups excluding carboxylic acids is 1. The zero-order chi connectivity index (χ0) is 20.0. The fraction of sp³-hybridized carbons (Fsp3) is 0.696. The zero-order valence-electron chi connectivity index (χ0n) is 18.1. The number of hydrogen-bond acceptors (Lipinski definition) is 3. The molecule has 1 aromatic rings. The van der Waals surface area contributed by atoms with Gasteiger partial charge in [0, 0.05) is 20.3 Å². The molecule has 0 fully saturated rings. The fourth-order valence-corrected chi connectivity index (χ4v) is 4.50. The van der Waals surface area contributed by atoms with Gasteiger partial charge in [-0.05, 0) is 37.6 Å². The Bertz CT molecular complexity index is 508. The lowest BCUT2D eigenvalue weighted by Gasteiger charge is -2.14. The largest absolute Gasteiger partial charge is 0.462 e. The number of anilines is 1. The van der Waals surface area contributed by atoms with Gasteiger partial charge in [0.25, 0.3) is 0 Å². The summed E-state index contributed by atoms with van der Waals surface area (Å²) in [6.45, 7) is 10.7. The van der Waals surface area contributed by atoms with Crippen LogP contribution in [0.5, 0.6) is 0 Å². The number of ether oxygens (including phenoxy) is 1. The molecule has 1 rings (SSSR count). The molecule has 3 nitrogen and oxygen atoms in total. The number of benzene rings is 1. The second-order valence-corrected chi connectivity index (χ2v) is 14.3. The van der Waals surface area contributed by atoms with Gasteiger partial charge in [-0.2, -0.15) is 0 Å². The van der Waals surface area contributed by atoms with Gasteiger partial charge in [-0.3, -0.25) is 0 Å². The first-order valence-corrected chi connectivity index (χ1v) is 14.6. The predicted molar refractivity (Wildman–Crippen MR) is 121 cm³/mol. The normalized spacial score (nSPS) is 11.4. The van der Waals surface area contributed by atoms with Crippen molar-refractivity contribution < 1.29 is 9.53 Å². The quantitative estimate of drug-likeness (QED) is 0.196. The molecule has 4 heteroatoms. The Hall–Kier alpha value is -1.29. The first-order valence-electron chi connectivity index (χ1n) is 10.9. The Kier molecular flexibility index (Phi) is 12.1. The molecule has 0 radical (unpaired) electrons. The molecule has 0 aromatic heterocycles. The summed E-state index contributed by atoms with van der Waals surface area (Å²) in [4.78, 5) is 11.6. The van der Waals surface area contributed by atoms with E-state index < -0.39 is 8.07 Å². The van der Waals surface area contributed by atoms with Crippen molar-refractivity contribution in [3.05, 3.63) is 29.8 Å². The van der Waals surface area contributed by atoms with E-state index in [1.807, 2.05) is 31.2 Å². The molecule has 0 heterocycles. The van der Waals surface area contributed by atoms with Crippen LogP contribution in [0.1, 0.15) is 75.1 Å². The molecule has 0 saturated heterocycles. The summed E-state index contributed by atoms with van der Waals surface area (Å²) >= 11 is 0. The molecule has 0 aliphatic carbocycles. The van der Waals surface area contributed by atoms with Crippen molar-refractivity contribution in [3.8, 4) is 0 Å². The number of hydrogen-bond donors (Lipinski definition) is 1. The lowest BCUT2D eigenvalue weighted by atomic mass is 10.1. The van der Waals surface area contributed by atoms with Crippen LogP contribution in [0.25, 0.3) is 0 Å². The smallest absolute Gasteiger partial charge is 0.338 e. The summed E-state index contributed by atoms with van der Waals surface area (Å²) in [5, 5.41) is 3.43. The Morgan fingerprint density at radius 3 is 1.89 bits per heavy atom. The van der Waals surface area contributed by atoms with E-state index in [1.54, 1.807) is 0 Å². The number of esters is 1. The van der Waals surface area contributed by atoms with Crippen LogP contribution in [0.3, 0.4) is 0 Å². The fourth-order valence-electron chi connectivity index (χ4n) is 3.19. The molecular formula is C23H41NO2Si. The van der Waals surface area contributed by atoms with Crippen LogP contribution < -0.4 is 5.32 Å². The minimum absolute atomic E-state index is 0.250. The molecule has 154 valence electrons. The molecule has 0 bridgehead atoms.